The van der Waals surface area contributed by atoms with Gasteiger partial charge in [0.25, 0.3) is 6.43 Å². The van der Waals surface area contributed by atoms with Gasteiger partial charge in [-0.15, -0.1) is 0 Å². The molecule has 6 nitrogen and oxygen atoms in total. The lowest BCUT2D eigenvalue weighted by Crippen LogP contribution is -2.48. The van der Waals surface area contributed by atoms with Gasteiger partial charge in [-0.2, -0.15) is 0 Å². The molecule has 2 atom stereocenters. The van der Waals surface area contributed by atoms with E-state index >= 15 is 0 Å². The summed E-state index contributed by atoms with van der Waals surface area (Å²) < 4.78 is 60.1. The number of hydrogen-bond donors (Lipinski definition) is 1. The van der Waals surface area contributed by atoms with Crippen LogP contribution in [-0.4, -0.2) is 51.0 Å². The minimum Gasteiger partial charge on any atom is -0.376 e. The van der Waals surface area contributed by atoms with Gasteiger partial charge in [0.2, 0.25) is 10.0 Å². The fraction of sp³-hybridized carbons (Fsp3) is 0.542. The van der Waals surface area contributed by atoms with Gasteiger partial charge in [0.1, 0.15) is 0 Å². The monoisotopic (exact) mass is 479 g/mol. The number of rotatable bonds is 8. The number of anilines is 1. The lowest BCUT2D eigenvalue weighted by Gasteiger charge is -2.34. The quantitative estimate of drug-likeness (QED) is 0.613. The average molecular weight is 480 g/mol. The van der Waals surface area contributed by atoms with E-state index in [-0.39, 0.29) is 24.3 Å². The van der Waals surface area contributed by atoms with Crippen molar-refractivity contribution in [3.05, 3.63) is 59.9 Å². The number of hydrogen-bond acceptors (Lipinski definition) is 5. The van der Waals surface area contributed by atoms with Crippen LogP contribution >= 0.6 is 0 Å². The number of nitrogens with zero attached hydrogens (tertiary/aromatic N) is 2. The van der Waals surface area contributed by atoms with E-state index < -0.39 is 22.5 Å². The minimum atomic E-state index is -3.45. The number of sulfonamides is 1. The van der Waals surface area contributed by atoms with Crippen LogP contribution in [-0.2, 0) is 14.8 Å². The summed E-state index contributed by atoms with van der Waals surface area (Å²) >= 11 is 0. The highest BCUT2D eigenvalue weighted by Gasteiger charge is 2.38. The van der Waals surface area contributed by atoms with Crippen LogP contribution in [0.5, 0.6) is 0 Å². The Morgan fingerprint density at radius 2 is 1.85 bits per heavy atom. The van der Waals surface area contributed by atoms with Crippen molar-refractivity contribution in [1.82, 2.24) is 9.71 Å². The van der Waals surface area contributed by atoms with E-state index in [0.717, 1.165) is 31.9 Å². The first-order valence-electron chi connectivity index (χ1n) is 11.4. The predicted octanol–water partition coefficient (Wildman–Crippen LogP) is 4.26. The van der Waals surface area contributed by atoms with E-state index in [1.165, 1.54) is 24.0 Å². The van der Waals surface area contributed by atoms with Gasteiger partial charge in [-0.3, -0.25) is 4.98 Å². The molecule has 4 rings (SSSR count). The van der Waals surface area contributed by atoms with Crippen LogP contribution in [0.25, 0.3) is 0 Å². The van der Waals surface area contributed by atoms with E-state index in [1.807, 2.05) is 11.0 Å². The molecule has 0 radical (unpaired) electrons. The molecule has 1 aromatic carbocycles. The zero-order valence-corrected chi connectivity index (χ0v) is 19.6. The smallest absolute Gasteiger partial charge is 0.265 e. The highest BCUT2D eigenvalue weighted by atomic mass is 32.2. The Morgan fingerprint density at radius 1 is 1.12 bits per heavy atom. The van der Waals surface area contributed by atoms with Crippen LogP contribution in [0.4, 0.5) is 14.5 Å². The molecular weight excluding hydrogens is 448 g/mol. The topological polar surface area (TPSA) is 71.5 Å². The number of nitrogens with one attached hydrogen (secondary N) is 1. The number of pyridine rings is 1. The van der Waals surface area contributed by atoms with Gasteiger partial charge in [-0.1, -0.05) is 30.3 Å². The molecule has 1 N–H and O–H groups in total. The van der Waals surface area contributed by atoms with Crippen LogP contribution in [0, 0.1) is 0 Å². The molecule has 1 aromatic heterocycles. The fourth-order valence-electron chi connectivity index (χ4n) is 5.12. The summed E-state index contributed by atoms with van der Waals surface area (Å²) in [5, 5.41) is 0. The second-order valence-electron chi connectivity index (χ2n) is 9.00. The fourth-order valence-corrected chi connectivity index (χ4v) is 5.94. The van der Waals surface area contributed by atoms with Crippen LogP contribution in [0.3, 0.4) is 0 Å². The summed E-state index contributed by atoms with van der Waals surface area (Å²) in [7, 11) is -3.45. The van der Waals surface area contributed by atoms with Crippen LogP contribution in [0.1, 0.15) is 55.6 Å². The van der Waals surface area contributed by atoms with Crippen LogP contribution in [0.15, 0.2) is 48.8 Å². The summed E-state index contributed by atoms with van der Waals surface area (Å²) in [5.41, 5.74) is 1.59. The molecule has 2 heterocycles. The lowest BCUT2D eigenvalue weighted by atomic mass is 9.83. The summed E-state index contributed by atoms with van der Waals surface area (Å²) in [6, 6.07) is 11.0. The van der Waals surface area contributed by atoms with Crippen molar-refractivity contribution in [1.29, 1.82) is 0 Å². The minimum absolute atomic E-state index is 0.0785. The van der Waals surface area contributed by atoms with Gasteiger partial charge in [-0.05, 0) is 49.7 Å². The van der Waals surface area contributed by atoms with Crippen LogP contribution in [0.2, 0.25) is 0 Å². The lowest BCUT2D eigenvalue weighted by molar-refractivity contribution is 0.0156. The normalized spacial score (nSPS) is 26.1. The first-order chi connectivity index (χ1) is 15.8. The Kier molecular flexibility index (Phi) is 7.61. The molecule has 2 aliphatic rings. The SMILES string of the molecule is CS(=O)(=O)N[C@H]1CCN(c2cnccc2C(F)F)[C@H]1CO[C@H]1CC[C@@H](c2ccccc2)CC1. The third-order valence-corrected chi connectivity index (χ3v) is 7.47. The molecule has 0 amide bonds. The van der Waals surface area contributed by atoms with E-state index in [2.05, 4.69) is 34.0 Å². The second-order valence-corrected chi connectivity index (χ2v) is 10.8. The Hall–Kier alpha value is -2.10. The summed E-state index contributed by atoms with van der Waals surface area (Å²) in [6.07, 6.45) is 5.77. The third-order valence-electron chi connectivity index (χ3n) is 6.74. The molecule has 0 bridgehead atoms. The van der Waals surface area contributed by atoms with Gasteiger partial charge in [-0.25, -0.2) is 21.9 Å². The van der Waals surface area contributed by atoms with Crippen molar-refractivity contribution in [3.8, 4) is 0 Å². The van der Waals surface area contributed by atoms with Gasteiger partial charge in [0.05, 0.1) is 36.9 Å². The first kappa shape index (κ1) is 24.0. The van der Waals surface area contributed by atoms with E-state index in [1.54, 1.807) is 0 Å². The first-order valence-corrected chi connectivity index (χ1v) is 13.3. The molecule has 1 aliphatic carbocycles. The number of halogens is 2. The molecule has 33 heavy (non-hydrogen) atoms. The maximum absolute atomic E-state index is 13.6. The molecule has 0 unspecified atom stereocenters. The third kappa shape index (κ3) is 6.07. The largest absolute Gasteiger partial charge is 0.376 e. The van der Waals surface area contributed by atoms with Crippen molar-refractivity contribution < 1.29 is 21.9 Å². The van der Waals surface area contributed by atoms with Crippen molar-refractivity contribution in [2.75, 3.05) is 24.3 Å². The maximum atomic E-state index is 13.6. The van der Waals surface area contributed by atoms with Crippen molar-refractivity contribution >= 4 is 15.7 Å². The summed E-state index contributed by atoms with van der Waals surface area (Å²) in [6.45, 7) is 0.721. The van der Waals surface area contributed by atoms with Gasteiger partial charge < -0.3 is 9.64 Å². The average Bonchev–Trinajstić information content (AvgIpc) is 3.19. The highest BCUT2D eigenvalue weighted by molar-refractivity contribution is 7.88. The van der Waals surface area contributed by atoms with E-state index in [9.17, 15) is 17.2 Å². The van der Waals surface area contributed by atoms with Gasteiger partial charge >= 0.3 is 0 Å². The number of benzene rings is 1. The molecule has 2 fully saturated rings. The van der Waals surface area contributed by atoms with Gasteiger partial charge in [0.15, 0.2) is 0 Å². The van der Waals surface area contributed by atoms with Crippen molar-refractivity contribution in [3.63, 3.8) is 0 Å². The Balaban J connectivity index is 1.44. The maximum Gasteiger partial charge on any atom is 0.265 e. The molecule has 2 aromatic rings. The molecular formula is C24H31F2N3O3S. The highest BCUT2D eigenvalue weighted by Crippen LogP contribution is 2.36. The zero-order chi connectivity index (χ0) is 23.4. The number of alkyl halides is 2. The summed E-state index contributed by atoms with van der Waals surface area (Å²) in [5.74, 6) is 0.526. The second kappa shape index (κ2) is 10.4. The Bertz CT molecular complexity index is 1010. The molecule has 180 valence electrons. The van der Waals surface area contributed by atoms with Crippen molar-refractivity contribution in [2.24, 2.45) is 0 Å². The Morgan fingerprint density at radius 3 is 2.52 bits per heavy atom. The van der Waals surface area contributed by atoms with E-state index in [4.69, 9.17) is 4.74 Å². The molecule has 9 heteroatoms. The molecule has 0 spiro atoms. The van der Waals surface area contributed by atoms with Crippen LogP contribution < -0.4 is 9.62 Å². The summed E-state index contributed by atoms with van der Waals surface area (Å²) in [4.78, 5) is 5.87. The number of ether oxygens (including phenoxy) is 1. The van der Waals surface area contributed by atoms with Gasteiger partial charge in [0, 0.05) is 24.3 Å². The van der Waals surface area contributed by atoms with Crippen molar-refractivity contribution in [2.45, 2.75) is 62.6 Å². The van der Waals surface area contributed by atoms with E-state index in [0.29, 0.717) is 24.6 Å². The zero-order valence-electron chi connectivity index (χ0n) is 18.7. The molecule has 1 saturated heterocycles. The molecule has 1 aliphatic heterocycles. The Labute approximate surface area is 194 Å². The number of aromatic nitrogens is 1. The molecule has 1 saturated carbocycles. The predicted molar refractivity (Wildman–Crippen MR) is 124 cm³/mol. The standard InChI is InChI=1S/C24H31F2N3O3S/c1-33(30,31)28-21-12-14-29(22-15-27-13-11-20(22)24(25)26)23(21)16-32-19-9-7-18(8-10-19)17-5-3-2-4-6-17/h2-6,11,13,15,18-19,21,23-24,28H,7-10,12,14,16H2,1H3/t18-,19+,21-,23-/m0/s1.